The Balaban J connectivity index is 2.07. The first-order valence-electron chi connectivity index (χ1n) is 6.20. The largest absolute Gasteiger partial charge is 0.519 e. The molecule has 92 valence electrons. The van der Waals surface area contributed by atoms with Crippen molar-refractivity contribution in [3.8, 4) is 11.3 Å². The van der Waals surface area contributed by atoms with Crippen molar-refractivity contribution >= 4 is 0 Å². The van der Waals surface area contributed by atoms with Gasteiger partial charge in [0.15, 0.2) is 11.5 Å². The molecule has 1 atom stereocenters. The summed E-state index contributed by atoms with van der Waals surface area (Å²) in [7, 11) is 0. The Bertz CT molecular complexity index is 604. The highest BCUT2D eigenvalue weighted by Gasteiger charge is 2.23. The molecule has 3 rings (SSSR count). The Kier molecular flexibility index (Phi) is 2.89. The standard InChI is InChI=1S/C15H14O3/c16-15-17-13(11-7-3-1-4-8-11)14(18-15)12-9-5-2-6-10-12/h1,3-5,7-9,12H,2,6,10H2. The Hall–Kier alpha value is -2.03. The smallest absolute Gasteiger partial charge is 0.395 e. The van der Waals surface area contributed by atoms with E-state index < -0.39 is 5.82 Å². The zero-order chi connectivity index (χ0) is 12.4. The van der Waals surface area contributed by atoms with Crippen LogP contribution in [-0.4, -0.2) is 0 Å². The zero-order valence-electron chi connectivity index (χ0n) is 9.96. The summed E-state index contributed by atoms with van der Waals surface area (Å²) in [4.78, 5) is 11.4. The Morgan fingerprint density at radius 1 is 1.11 bits per heavy atom. The second-order valence-corrected chi connectivity index (χ2v) is 4.48. The van der Waals surface area contributed by atoms with Gasteiger partial charge in [-0.3, -0.25) is 0 Å². The van der Waals surface area contributed by atoms with Crippen molar-refractivity contribution in [1.29, 1.82) is 0 Å². The topological polar surface area (TPSA) is 43.4 Å². The first kappa shape index (κ1) is 11.1. The molecule has 18 heavy (non-hydrogen) atoms. The minimum Gasteiger partial charge on any atom is -0.395 e. The molecule has 0 N–H and O–H groups in total. The van der Waals surface area contributed by atoms with Crippen LogP contribution in [0.1, 0.15) is 30.9 Å². The molecule has 1 aromatic carbocycles. The Morgan fingerprint density at radius 3 is 2.67 bits per heavy atom. The van der Waals surface area contributed by atoms with E-state index in [0.717, 1.165) is 24.8 Å². The molecule has 2 aromatic rings. The van der Waals surface area contributed by atoms with Gasteiger partial charge in [-0.05, 0) is 19.3 Å². The lowest BCUT2D eigenvalue weighted by molar-refractivity contribution is 0.367. The molecule has 0 aliphatic heterocycles. The van der Waals surface area contributed by atoms with E-state index in [1.807, 2.05) is 30.3 Å². The molecule has 1 heterocycles. The maximum absolute atomic E-state index is 11.4. The van der Waals surface area contributed by atoms with Crippen LogP contribution in [0.25, 0.3) is 11.3 Å². The lowest BCUT2D eigenvalue weighted by Gasteiger charge is -2.13. The van der Waals surface area contributed by atoms with Crippen molar-refractivity contribution < 1.29 is 8.83 Å². The molecule has 1 aromatic heterocycles. The average molecular weight is 242 g/mol. The number of hydrogen-bond acceptors (Lipinski definition) is 3. The highest BCUT2D eigenvalue weighted by atomic mass is 16.6. The minimum absolute atomic E-state index is 0.153. The molecule has 1 unspecified atom stereocenters. The quantitative estimate of drug-likeness (QED) is 0.754. The summed E-state index contributed by atoms with van der Waals surface area (Å²) in [6.45, 7) is 0. The van der Waals surface area contributed by atoms with Gasteiger partial charge >= 0.3 is 5.82 Å². The van der Waals surface area contributed by atoms with Crippen LogP contribution >= 0.6 is 0 Å². The van der Waals surface area contributed by atoms with Crippen LogP contribution in [0.15, 0.2) is 56.1 Å². The first-order chi connectivity index (χ1) is 8.84. The van der Waals surface area contributed by atoms with Gasteiger partial charge in [0.25, 0.3) is 0 Å². The van der Waals surface area contributed by atoms with Crippen LogP contribution in [-0.2, 0) is 0 Å². The Labute approximate surface area is 105 Å². The molecular formula is C15H14O3. The predicted molar refractivity (Wildman–Crippen MR) is 68.4 cm³/mol. The predicted octanol–water partition coefficient (Wildman–Crippen LogP) is 3.72. The van der Waals surface area contributed by atoms with E-state index >= 15 is 0 Å². The molecule has 0 saturated carbocycles. The summed E-state index contributed by atoms with van der Waals surface area (Å²) >= 11 is 0. The van der Waals surface area contributed by atoms with Crippen LogP contribution < -0.4 is 5.82 Å². The van der Waals surface area contributed by atoms with E-state index in [2.05, 4.69) is 12.2 Å². The SMILES string of the molecule is O=c1oc(-c2ccccc2)c(C2C=CCCC2)o1. The summed E-state index contributed by atoms with van der Waals surface area (Å²) in [5.74, 6) is 0.752. The summed E-state index contributed by atoms with van der Waals surface area (Å²) < 4.78 is 10.4. The lowest BCUT2D eigenvalue weighted by Crippen LogP contribution is -1.99. The van der Waals surface area contributed by atoms with Crippen molar-refractivity contribution in [2.24, 2.45) is 0 Å². The van der Waals surface area contributed by atoms with Gasteiger partial charge in [0.05, 0.1) is 0 Å². The van der Waals surface area contributed by atoms with Gasteiger partial charge in [-0.25, -0.2) is 4.79 Å². The van der Waals surface area contributed by atoms with Gasteiger partial charge < -0.3 is 8.83 Å². The van der Waals surface area contributed by atoms with Crippen LogP contribution in [0.4, 0.5) is 0 Å². The first-order valence-corrected chi connectivity index (χ1v) is 6.20. The molecule has 0 saturated heterocycles. The van der Waals surface area contributed by atoms with Crippen LogP contribution in [0.2, 0.25) is 0 Å². The fourth-order valence-corrected chi connectivity index (χ4v) is 2.36. The van der Waals surface area contributed by atoms with Gasteiger partial charge in [-0.15, -0.1) is 0 Å². The van der Waals surface area contributed by atoms with Gasteiger partial charge in [0, 0.05) is 11.5 Å². The van der Waals surface area contributed by atoms with Crippen molar-refractivity contribution in [1.82, 2.24) is 0 Å². The molecule has 0 fully saturated rings. The Morgan fingerprint density at radius 2 is 1.94 bits per heavy atom. The molecule has 3 nitrogen and oxygen atoms in total. The van der Waals surface area contributed by atoms with Crippen LogP contribution in [0.5, 0.6) is 0 Å². The number of hydrogen-bond donors (Lipinski definition) is 0. The van der Waals surface area contributed by atoms with E-state index in [1.165, 1.54) is 0 Å². The molecular weight excluding hydrogens is 228 g/mol. The highest BCUT2D eigenvalue weighted by molar-refractivity contribution is 5.59. The third kappa shape index (κ3) is 2.04. The van der Waals surface area contributed by atoms with Crippen molar-refractivity contribution in [3.05, 3.63) is 58.9 Å². The minimum atomic E-state index is -0.622. The van der Waals surface area contributed by atoms with E-state index in [1.54, 1.807) is 0 Å². The second-order valence-electron chi connectivity index (χ2n) is 4.48. The summed E-state index contributed by atoms with van der Waals surface area (Å²) in [6.07, 6.45) is 7.45. The molecule has 0 radical (unpaired) electrons. The highest BCUT2D eigenvalue weighted by Crippen LogP contribution is 2.34. The monoisotopic (exact) mass is 242 g/mol. The molecule has 1 aliphatic rings. The average Bonchev–Trinajstić information content (AvgIpc) is 2.83. The molecule has 0 bridgehead atoms. The summed E-state index contributed by atoms with van der Waals surface area (Å²) in [6, 6.07) is 9.61. The normalized spacial score (nSPS) is 19.0. The third-order valence-electron chi connectivity index (χ3n) is 3.23. The fourth-order valence-electron chi connectivity index (χ4n) is 2.36. The molecule has 0 spiro atoms. The van der Waals surface area contributed by atoms with Crippen molar-refractivity contribution in [2.75, 3.05) is 0 Å². The second kappa shape index (κ2) is 4.69. The van der Waals surface area contributed by atoms with Gasteiger partial charge in [-0.1, -0.05) is 42.5 Å². The molecule has 3 heteroatoms. The van der Waals surface area contributed by atoms with Gasteiger partial charge in [0.2, 0.25) is 0 Å². The van der Waals surface area contributed by atoms with Crippen LogP contribution in [0.3, 0.4) is 0 Å². The van der Waals surface area contributed by atoms with E-state index in [-0.39, 0.29) is 5.92 Å². The van der Waals surface area contributed by atoms with Crippen molar-refractivity contribution in [2.45, 2.75) is 25.2 Å². The summed E-state index contributed by atoms with van der Waals surface area (Å²) in [5.41, 5.74) is 0.886. The van der Waals surface area contributed by atoms with Crippen molar-refractivity contribution in [3.63, 3.8) is 0 Å². The number of benzene rings is 1. The van der Waals surface area contributed by atoms with E-state index in [9.17, 15) is 4.79 Å². The third-order valence-corrected chi connectivity index (χ3v) is 3.23. The summed E-state index contributed by atoms with van der Waals surface area (Å²) in [5, 5.41) is 0. The number of rotatable bonds is 2. The lowest BCUT2D eigenvalue weighted by atomic mass is 9.92. The zero-order valence-corrected chi connectivity index (χ0v) is 9.96. The van der Waals surface area contributed by atoms with E-state index in [0.29, 0.717) is 11.5 Å². The van der Waals surface area contributed by atoms with Gasteiger partial charge in [0.1, 0.15) is 0 Å². The maximum Gasteiger partial charge on any atom is 0.519 e. The maximum atomic E-state index is 11.4. The van der Waals surface area contributed by atoms with E-state index in [4.69, 9.17) is 8.83 Å². The molecule has 1 aliphatic carbocycles. The fraction of sp³-hybridized carbons (Fsp3) is 0.267. The number of allylic oxidation sites excluding steroid dienone is 2. The van der Waals surface area contributed by atoms with Crippen LogP contribution in [0, 0.1) is 0 Å². The van der Waals surface area contributed by atoms with Gasteiger partial charge in [-0.2, -0.15) is 0 Å². The molecule has 0 amide bonds.